The molecule has 0 saturated heterocycles. The van der Waals surface area contributed by atoms with Gasteiger partial charge in [0.05, 0.1) is 20.1 Å². The third-order valence-electron chi connectivity index (χ3n) is 2.95. The Morgan fingerprint density at radius 2 is 2.25 bits per heavy atom. The van der Waals surface area contributed by atoms with Crippen molar-refractivity contribution in [3.63, 3.8) is 0 Å². The summed E-state index contributed by atoms with van der Waals surface area (Å²) in [4.78, 5) is 26.1. The van der Waals surface area contributed by atoms with Crippen molar-refractivity contribution in [2.24, 2.45) is 0 Å². The van der Waals surface area contributed by atoms with Crippen LogP contribution in [0.3, 0.4) is 0 Å². The fourth-order valence-electron chi connectivity index (χ4n) is 1.74. The number of amides is 1. The van der Waals surface area contributed by atoms with Crippen molar-refractivity contribution in [2.45, 2.75) is 19.8 Å². The number of ether oxygens (including phenoxy) is 1. The number of methoxy groups -OCH3 is 1. The highest BCUT2D eigenvalue weighted by atomic mass is 32.1. The lowest BCUT2D eigenvalue weighted by Crippen LogP contribution is -2.38. The molecule has 6 heteroatoms. The quantitative estimate of drug-likeness (QED) is 0.698. The molecule has 0 aliphatic carbocycles. The van der Waals surface area contributed by atoms with Gasteiger partial charge in [-0.05, 0) is 24.4 Å². The van der Waals surface area contributed by atoms with Gasteiger partial charge in [-0.3, -0.25) is 14.5 Å². The van der Waals surface area contributed by atoms with Crippen LogP contribution in [-0.4, -0.2) is 50.1 Å². The summed E-state index contributed by atoms with van der Waals surface area (Å²) in [6, 6.07) is 4.07. The number of thiophene rings is 1. The number of hydrogen-bond acceptors (Lipinski definition) is 5. The molecule has 0 aromatic carbocycles. The fraction of sp³-hybridized carbons (Fsp3) is 0.571. The number of hydrogen-bond donors (Lipinski definition) is 1. The van der Waals surface area contributed by atoms with E-state index in [0.29, 0.717) is 26.1 Å². The Bertz CT molecular complexity index is 407. The van der Waals surface area contributed by atoms with Crippen LogP contribution in [0.15, 0.2) is 17.5 Å². The second-order valence-corrected chi connectivity index (χ2v) is 5.41. The van der Waals surface area contributed by atoms with Gasteiger partial charge in [0.1, 0.15) is 0 Å². The number of rotatable bonds is 9. The zero-order valence-corrected chi connectivity index (χ0v) is 12.9. The standard InChI is InChI=1S/C14H22N2O3S/c1-3-16(9-7-14(18)19-2)11-13(17)15-8-6-12-5-4-10-20-12/h4-5,10H,3,6-9,11H2,1-2H3,(H,15,17). The third-order valence-corrected chi connectivity index (χ3v) is 3.88. The molecule has 1 aromatic heterocycles. The molecule has 1 N–H and O–H groups in total. The van der Waals surface area contributed by atoms with E-state index in [9.17, 15) is 9.59 Å². The molecular weight excluding hydrogens is 276 g/mol. The van der Waals surface area contributed by atoms with Crippen molar-refractivity contribution in [3.8, 4) is 0 Å². The average Bonchev–Trinajstić information content (AvgIpc) is 2.96. The minimum absolute atomic E-state index is 0.00623. The minimum atomic E-state index is -0.249. The summed E-state index contributed by atoms with van der Waals surface area (Å²) in [6.07, 6.45) is 1.17. The van der Waals surface area contributed by atoms with Gasteiger partial charge >= 0.3 is 5.97 Å². The van der Waals surface area contributed by atoms with Gasteiger partial charge in [0.15, 0.2) is 0 Å². The topological polar surface area (TPSA) is 58.6 Å². The molecule has 0 fully saturated rings. The molecule has 1 rings (SSSR count). The van der Waals surface area contributed by atoms with Crippen molar-refractivity contribution < 1.29 is 14.3 Å². The Hall–Kier alpha value is -1.40. The van der Waals surface area contributed by atoms with E-state index in [0.717, 1.165) is 13.0 Å². The van der Waals surface area contributed by atoms with E-state index in [1.54, 1.807) is 11.3 Å². The molecule has 112 valence electrons. The fourth-order valence-corrected chi connectivity index (χ4v) is 2.45. The molecule has 1 heterocycles. The first-order valence-electron chi connectivity index (χ1n) is 6.74. The average molecular weight is 298 g/mol. The van der Waals surface area contributed by atoms with Crippen molar-refractivity contribution in [3.05, 3.63) is 22.4 Å². The lowest BCUT2D eigenvalue weighted by atomic mass is 10.3. The van der Waals surface area contributed by atoms with Crippen LogP contribution in [0.4, 0.5) is 0 Å². The molecule has 0 aliphatic rings. The Morgan fingerprint density at radius 1 is 1.45 bits per heavy atom. The lowest BCUT2D eigenvalue weighted by Gasteiger charge is -2.19. The molecule has 0 bridgehead atoms. The van der Waals surface area contributed by atoms with Crippen molar-refractivity contribution in [2.75, 3.05) is 33.3 Å². The predicted octanol–water partition coefficient (Wildman–Crippen LogP) is 1.29. The largest absolute Gasteiger partial charge is 0.469 e. The molecule has 0 saturated carbocycles. The second kappa shape index (κ2) is 9.50. The maximum atomic E-state index is 11.8. The van der Waals surface area contributed by atoms with E-state index >= 15 is 0 Å². The number of carbonyl (C=O) groups is 2. The monoisotopic (exact) mass is 298 g/mol. The van der Waals surface area contributed by atoms with Crippen LogP contribution in [0, 0.1) is 0 Å². The number of nitrogens with one attached hydrogen (secondary N) is 1. The van der Waals surface area contributed by atoms with E-state index in [1.807, 2.05) is 23.3 Å². The minimum Gasteiger partial charge on any atom is -0.469 e. The van der Waals surface area contributed by atoms with E-state index in [1.165, 1.54) is 12.0 Å². The number of carbonyl (C=O) groups excluding carboxylic acids is 2. The molecule has 0 spiro atoms. The van der Waals surface area contributed by atoms with Crippen LogP contribution in [0.5, 0.6) is 0 Å². The van der Waals surface area contributed by atoms with Crippen molar-refractivity contribution >= 4 is 23.2 Å². The van der Waals surface area contributed by atoms with Gasteiger partial charge < -0.3 is 10.1 Å². The van der Waals surface area contributed by atoms with Crippen molar-refractivity contribution in [1.82, 2.24) is 10.2 Å². The van der Waals surface area contributed by atoms with Gasteiger partial charge in [0, 0.05) is 18.0 Å². The molecule has 0 atom stereocenters. The van der Waals surface area contributed by atoms with Crippen LogP contribution >= 0.6 is 11.3 Å². The zero-order chi connectivity index (χ0) is 14.8. The van der Waals surface area contributed by atoms with E-state index < -0.39 is 0 Å². The van der Waals surface area contributed by atoms with Gasteiger partial charge in [-0.25, -0.2) is 0 Å². The predicted molar refractivity (Wildman–Crippen MR) is 79.8 cm³/mol. The summed E-state index contributed by atoms with van der Waals surface area (Å²) >= 11 is 1.69. The number of esters is 1. The van der Waals surface area contributed by atoms with Crippen LogP contribution in [-0.2, 0) is 20.7 Å². The van der Waals surface area contributed by atoms with Crippen LogP contribution in [0.1, 0.15) is 18.2 Å². The van der Waals surface area contributed by atoms with Crippen molar-refractivity contribution in [1.29, 1.82) is 0 Å². The first-order chi connectivity index (χ1) is 9.65. The summed E-state index contributed by atoms with van der Waals surface area (Å²) in [5, 5.41) is 4.93. The SMILES string of the molecule is CCN(CCC(=O)OC)CC(=O)NCCc1cccs1. The van der Waals surface area contributed by atoms with Crippen LogP contribution in [0.25, 0.3) is 0 Å². The van der Waals surface area contributed by atoms with E-state index in [2.05, 4.69) is 16.1 Å². The highest BCUT2D eigenvalue weighted by Gasteiger charge is 2.10. The van der Waals surface area contributed by atoms with Gasteiger partial charge in [-0.2, -0.15) is 0 Å². The first kappa shape index (κ1) is 16.7. The highest BCUT2D eigenvalue weighted by molar-refractivity contribution is 7.09. The Labute approximate surface area is 123 Å². The van der Waals surface area contributed by atoms with Gasteiger partial charge in [0.2, 0.25) is 5.91 Å². The summed E-state index contributed by atoms with van der Waals surface area (Å²) in [5.41, 5.74) is 0. The maximum absolute atomic E-state index is 11.8. The smallest absolute Gasteiger partial charge is 0.306 e. The highest BCUT2D eigenvalue weighted by Crippen LogP contribution is 2.07. The summed E-state index contributed by atoms with van der Waals surface area (Å²) < 4.78 is 4.59. The summed E-state index contributed by atoms with van der Waals surface area (Å²) in [7, 11) is 1.37. The number of nitrogens with zero attached hydrogens (tertiary/aromatic N) is 1. The molecule has 0 radical (unpaired) electrons. The Morgan fingerprint density at radius 3 is 2.85 bits per heavy atom. The molecule has 0 unspecified atom stereocenters. The van der Waals surface area contributed by atoms with Crippen LogP contribution < -0.4 is 5.32 Å². The molecular formula is C14H22N2O3S. The summed E-state index contributed by atoms with van der Waals surface area (Å²) in [6.45, 7) is 4.21. The second-order valence-electron chi connectivity index (χ2n) is 4.37. The Balaban J connectivity index is 2.19. The summed E-state index contributed by atoms with van der Waals surface area (Å²) in [5.74, 6) is -0.255. The normalized spacial score (nSPS) is 10.6. The molecule has 0 aliphatic heterocycles. The zero-order valence-electron chi connectivity index (χ0n) is 12.1. The van der Waals surface area contributed by atoms with Crippen LogP contribution in [0.2, 0.25) is 0 Å². The van der Waals surface area contributed by atoms with E-state index in [4.69, 9.17) is 0 Å². The number of likely N-dealkylation sites (N-methyl/N-ethyl adjacent to an activating group) is 1. The maximum Gasteiger partial charge on any atom is 0.306 e. The molecule has 20 heavy (non-hydrogen) atoms. The molecule has 5 nitrogen and oxygen atoms in total. The Kier molecular flexibility index (Phi) is 7.91. The molecule has 1 amide bonds. The van der Waals surface area contributed by atoms with Gasteiger partial charge in [-0.1, -0.05) is 13.0 Å². The third kappa shape index (κ3) is 6.68. The van der Waals surface area contributed by atoms with Gasteiger partial charge in [-0.15, -0.1) is 11.3 Å². The lowest BCUT2D eigenvalue weighted by molar-refractivity contribution is -0.141. The molecule has 1 aromatic rings. The van der Waals surface area contributed by atoms with Gasteiger partial charge in [0.25, 0.3) is 0 Å². The van der Waals surface area contributed by atoms with E-state index in [-0.39, 0.29) is 11.9 Å². The first-order valence-corrected chi connectivity index (χ1v) is 7.62.